The fourth-order valence-electron chi connectivity index (χ4n) is 8.58. The Bertz CT molecular complexity index is 3550. The molecule has 0 aliphatic heterocycles. The summed E-state index contributed by atoms with van der Waals surface area (Å²) in [4.78, 5) is 15.6. The normalized spacial score (nSPS) is 11.8. The molecule has 0 spiro atoms. The van der Waals surface area contributed by atoms with Gasteiger partial charge in [-0.05, 0) is 53.6 Å². The monoisotopic (exact) mass is 741 g/mol. The van der Waals surface area contributed by atoms with Gasteiger partial charge in [0.2, 0.25) is 0 Å². The maximum atomic E-state index is 6.36. The summed E-state index contributed by atoms with van der Waals surface area (Å²) in [6, 6.07) is 64.8. The molecule has 4 aromatic heterocycles. The van der Waals surface area contributed by atoms with Crippen molar-refractivity contribution < 1.29 is 8.83 Å². The van der Waals surface area contributed by atoms with Crippen molar-refractivity contribution in [3.8, 4) is 56.3 Å². The lowest BCUT2D eigenvalue weighted by atomic mass is 9.94. The highest BCUT2D eigenvalue weighted by Crippen LogP contribution is 2.42. The van der Waals surface area contributed by atoms with Crippen LogP contribution in [0.15, 0.2) is 197 Å². The smallest absolute Gasteiger partial charge is 0.160 e. The average Bonchev–Trinajstić information content (AvgIpc) is 3.88. The minimum absolute atomic E-state index is 0.670. The van der Waals surface area contributed by atoms with E-state index in [1.54, 1.807) is 0 Å². The molecule has 12 rings (SSSR count). The van der Waals surface area contributed by atoms with Crippen LogP contribution in [0.5, 0.6) is 0 Å². The van der Waals surface area contributed by atoms with Gasteiger partial charge in [-0.3, -0.25) is 0 Å². The number of rotatable bonds is 5. The van der Waals surface area contributed by atoms with Crippen molar-refractivity contribution >= 4 is 65.6 Å². The summed E-state index contributed by atoms with van der Waals surface area (Å²) in [6.07, 6.45) is 0. The number of para-hydroxylation sites is 2. The third kappa shape index (κ3) is 5.14. The predicted molar refractivity (Wildman–Crippen MR) is 237 cm³/mol. The molecule has 0 saturated heterocycles. The number of fused-ring (bicyclic) bond motifs is 10. The van der Waals surface area contributed by atoms with Crippen LogP contribution >= 0.6 is 0 Å². The maximum absolute atomic E-state index is 6.36. The molecule has 58 heavy (non-hydrogen) atoms. The van der Waals surface area contributed by atoms with Crippen LogP contribution in [0.4, 0.5) is 0 Å². The Morgan fingerprint density at radius 2 is 0.897 bits per heavy atom. The van der Waals surface area contributed by atoms with E-state index in [0.717, 1.165) is 116 Å². The van der Waals surface area contributed by atoms with Gasteiger partial charge in [0.1, 0.15) is 22.3 Å². The van der Waals surface area contributed by atoms with Crippen LogP contribution in [0.1, 0.15) is 0 Å². The van der Waals surface area contributed by atoms with Crippen molar-refractivity contribution in [3.63, 3.8) is 0 Å². The zero-order valence-electron chi connectivity index (χ0n) is 31.1. The zero-order valence-corrected chi connectivity index (χ0v) is 31.1. The molecule has 5 nitrogen and oxygen atoms in total. The number of hydrogen-bond donors (Lipinski definition) is 0. The molecular weight excluding hydrogens is 711 g/mol. The van der Waals surface area contributed by atoms with Crippen molar-refractivity contribution in [1.29, 1.82) is 0 Å². The molecular formula is C53H31N3O2. The van der Waals surface area contributed by atoms with E-state index in [1.807, 2.05) is 66.7 Å². The van der Waals surface area contributed by atoms with E-state index in [4.69, 9.17) is 23.8 Å². The van der Waals surface area contributed by atoms with Gasteiger partial charge in [-0.15, -0.1) is 0 Å². The van der Waals surface area contributed by atoms with E-state index in [2.05, 4.69) is 121 Å². The molecule has 0 atom stereocenters. The van der Waals surface area contributed by atoms with E-state index in [9.17, 15) is 0 Å². The van der Waals surface area contributed by atoms with Crippen molar-refractivity contribution in [1.82, 2.24) is 15.0 Å². The summed E-state index contributed by atoms with van der Waals surface area (Å²) in [6.45, 7) is 0. The van der Waals surface area contributed by atoms with Crippen LogP contribution in [0.25, 0.3) is 122 Å². The van der Waals surface area contributed by atoms with Crippen molar-refractivity contribution in [2.24, 2.45) is 0 Å². The van der Waals surface area contributed by atoms with Gasteiger partial charge in [-0.25, -0.2) is 15.0 Å². The van der Waals surface area contributed by atoms with Gasteiger partial charge < -0.3 is 8.83 Å². The standard InChI is InChI=1S/C53H31N3O2/c1-3-12-34(13-4-1)52-41-28-29-48-51(40-17-8-10-20-46(40)58-48)50(41)38-27-26-36(30-43(38)54-52)32-22-24-33(25-23-32)42-31-44(56-53(55-42)35-14-5-2-6-15-35)37-18-11-21-47-49(37)39-16-7-9-19-45(39)57-47/h1-31H. The first kappa shape index (κ1) is 32.4. The van der Waals surface area contributed by atoms with Crippen molar-refractivity contribution in [3.05, 3.63) is 188 Å². The molecule has 0 bridgehead atoms. The molecule has 0 radical (unpaired) electrons. The summed E-state index contributed by atoms with van der Waals surface area (Å²) in [5, 5.41) is 7.68. The van der Waals surface area contributed by atoms with Gasteiger partial charge in [-0.2, -0.15) is 0 Å². The average molecular weight is 742 g/mol. The highest BCUT2D eigenvalue weighted by molar-refractivity contribution is 6.28. The van der Waals surface area contributed by atoms with Crippen molar-refractivity contribution in [2.75, 3.05) is 0 Å². The van der Waals surface area contributed by atoms with Gasteiger partial charge in [0.25, 0.3) is 0 Å². The van der Waals surface area contributed by atoms with Crippen LogP contribution in [-0.2, 0) is 0 Å². The quantitative estimate of drug-likeness (QED) is 0.164. The Morgan fingerprint density at radius 1 is 0.310 bits per heavy atom. The molecule has 5 heteroatoms. The Labute approximate surface area is 332 Å². The van der Waals surface area contributed by atoms with Gasteiger partial charge in [0.05, 0.1) is 22.6 Å². The summed E-state index contributed by atoms with van der Waals surface area (Å²) in [5.41, 5.74) is 13.2. The lowest BCUT2D eigenvalue weighted by molar-refractivity contribution is 0.668. The molecule has 8 aromatic carbocycles. The first-order chi connectivity index (χ1) is 28.7. The fraction of sp³-hybridized carbons (Fsp3) is 0. The summed E-state index contributed by atoms with van der Waals surface area (Å²) >= 11 is 0. The SMILES string of the molecule is c1ccc(-c2nc(-c3ccc(-c4ccc5c(c4)nc(-c4ccccc4)c4ccc6oc7ccccc7c6c45)cc3)cc(-c3cccc4oc5ccccc5c34)n2)cc1. The molecule has 0 saturated carbocycles. The first-order valence-corrected chi connectivity index (χ1v) is 19.4. The molecule has 0 aliphatic carbocycles. The second-order valence-electron chi connectivity index (χ2n) is 14.7. The first-order valence-electron chi connectivity index (χ1n) is 19.4. The van der Waals surface area contributed by atoms with E-state index >= 15 is 0 Å². The van der Waals surface area contributed by atoms with Crippen LogP contribution in [0.3, 0.4) is 0 Å². The van der Waals surface area contributed by atoms with Gasteiger partial charge >= 0.3 is 0 Å². The van der Waals surface area contributed by atoms with Gasteiger partial charge in [-0.1, -0.05) is 146 Å². The highest BCUT2D eigenvalue weighted by Gasteiger charge is 2.19. The molecule has 0 N–H and O–H groups in total. The van der Waals surface area contributed by atoms with E-state index in [0.29, 0.717) is 5.82 Å². The topological polar surface area (TPSA) is 65.0 Å². The molecule has 270 valence electrons. The Kier molecular flexibility index (Phi) is 7.16. The number of hydrogen-bond acceptors (Lipinski definition) is 5. The molecule has 0 aliphatic rings. The number of furan rings is 2. The van der Waals surface area contributed by atoms with E-state index < -0.39 is 0 Å². The second-order valence-corrected chi connectivity index (χ2v) is 14.7. The minimum Gasteiger partial charge on any atom is -0.456 e. The lowest BCUT2D eigenvalue weighted by Crippen LogP contribution is -1.96. The summed E-state index contributed by atoms with van der Waals surface area (Å²) < 4.78 is 12.6. The molecule has 0 unspecified atom stereocenters. The molecule has 0 amide bonds. The van der Waals surface area contributed by atoms with E-state index in [1.165, 1.54) is 0 Å². The Balaban J connectivity index is 1.00. The Hall–Kier alpha value is -7.89. The summed E-state index contributed by atoms with van der Waals surface area (Å²) in [7, 11) is 0. The van der Waals surface area contributed by atoms with Crippen LogP contribution in [0, 0.1) is 0 Å². The second kappa shape index (κ2) is 12.8. The van der Waals surface area contributed by atoms with Gasteiger partial charge in [0.15, 0.2) is 5.82 Å². The number of nitrogens with zero attached hydrogens (tertiary/aromatic N) is 3. The highest BCUT2D eigenvalue weighted by atomic mass is 16.3. The summed E-state index contributed by atoms with van der Waals surface area (Å²) in [5.74, 6) is 0.670. The molecule has 12 aromatic rings. The van der Waals surface area contributed by atoms with Crippen LogP contribution in [0.2, 0.25) is 0 Å². The lowest BCUT2D eigenvalue weighted by Gasteiger charge is -2.13. The zero-order chi connectivity index (χ0) is 38.2. The Morgan fingerprint density at radius 3 is 1.66 bits per heavy atom. The maximum Gasteiger partial charge on any atom is 0.160 e. The largest absolute Gasteiger partial charge is 0.456 e. The minimum atomic E-state index is 0.670. The number of benzene rings is 8. The van der Waals surface area contributed by atoms with Gasteiger partial charge in [0, 0.05) is 60.0 Å². The predicted octanol–water partition coefficient (Wildman–Crippen LogP) is 14.3. The third-order valence-electron chi connectivity index (χ3n) is 11.3. The van der Waals surface area contributed by atoms with Crippen LogP contribution < -0.4 is 0 Å². The number of aromatic nitrogens is 3. The molecule has 0 fully saturated rings. The number of pyridine rings is 1. The van der Waals surface area contributed by atoms with E-state index in [-0.39, 0.29) is 0 Å². The molecule has 4 heterocycles. The fourth-order valence-corrected chi connectivity index (χ4v) is 8.58. The third-order valence-corrected chi connectivity index (χ3v) is 11.3. The van der Waals surface area contributed by atoms with Crippen molar-refractivity contribution in [2.45, 2.75) is 0 Å². The van der Waals surface area contributed by atoms with Crippen LogP contribution in [-0.4, -0.2) is 15.0 Å².